The summed E-state index contributed by atoms with van der Waals surface area (Å²) in [5, 5.41) is 0. The second-order valence-electron chi connectivity index (χ2n) is 3.68. The van der Waals surface area contributed by atoms with Crippen molar-refractivity contribution in [1.29, 1.82) is 0 Å². The van der Waals surface area contributed by atoms with Crippen LogP contribution in [-0.4, -0.2) is 12.6 Å². The molecule has 0 spiro atoms. The lowest BCUT2D eigenvalue weighted by Gasteiger charge is -2.11. The van der Waals surface area contributed by atoms with Crippen molar-refractivity contribution in [2.24, 2.45) is 0 Å². The minimum atomic E-state index is -0.177. The summed E-state index contributed by atoms with van der Waals surface area (Å²) in [6, 6.07) is 9.94. The van der Waals surface area contributed by atoms with Crippen LogP contribution in [0.3, 0.4) is 0 Å². The number of benzene rings is 1. The van der Waals surface area contributed by atoms with Gasteiger partial charge in [0, 0.05) is 5.57 Å². The van der Waals surface area contributed by atoms with Gasteiger partial charge in [0.25, 0.3) is 0 Å². The Balaban J connectivity index is 1.75. The van der Waals surface area contributed by atoms with E-state index in [-0.39, 0.29) is 5.97 Å². The van der Waals surface area contributed by atoms with Gasteiger partial charge in [-0.15, -0.1) is 0 Å². The van der Waals surface area contributed by atoms with Crippen molar-refractivity contribution in [1.82, 2.24) is 0 Å². The molecule has 0 N–H and O–H groups in total. The second kappa shape index (κ2) is 5.31. The molecule has 0 radical (unpaired) electrons. The number of carbonyl (C=O) groups is 1. The van der Waals surface area contributed by atoms with Crippen LogP contribution in [0.25, 0.3) is 6.08 Å². The van der Waals surface area contributed by atoms with E-state index >= 15 is 0 Å². The maximum atomic E-state index is 11.3. The molecule has 0 heterocycles. The molecule has 0 fully saturated rings. The fourth-order valence-electron chi connectivity index (χ4n) is 1.44. The first-order chi connectivity index (χ1) is 7.86. The zero-order valence-corrected chi connectivity index (χ0v) is 9.06. The predicted octanol–water partition coefficient (Wildman–Crippen LogP) is 2.96. The Bertz CT molecular complexity index is 416. The zero-order chi connectivity index (χ0) is 11.2. The highest BCUT2D eigenvalue weighted by Gasteiger charge is 2.14. The summed E-state index contributed by atoms with van der Waals surface area (Å²) in [4.78, 5) is 11.3. The summed E-state index contributed by atoms with van der Waals surface area (Å²) >= 11 is 0. The van der Waals surface area contributed by atoms with Gasteiger partial charge in [0.05, 0.1) is 0 Å². The topological polar surface area (TPSA) is 26.3 Å². The molecule has 2 rings (SSSR count). The number of allylic oxidation sites excluding steroid dienone is 1. The summed E-state index contributed by atoms with van der Waals surface area (Å²) in [7, 11) is 0. The van der Waals surface area contributed by atoms with Crippen molar-refractivity contribution >= 4 is 12.0 Å². The highest BCUT2D eigenvalue weighted by Crippen LogP contribution is 2.18. The summed E-state index contributed by atoms with van der Waals surface area (Å²) in [5.41, 5.74) is 1.93. The fraction of sp³-hybridized carbons (Fsp3) is 0.214. The van der Waals surface area contributed by atoms with Crippen LogP contribution in [0.4, 0.5) is 0 Å². The van der Waals surface area contributed by atoms with Crippen LogP contribution in [-0.2, 0) is 9.53 Å². The van der Waals surface area contributed by atoms with Gasteiger partial charge in [-0.25, -0.2) is 4.79 Å². The van der Waals surface area contributed by atoms with E-state index in [1.807, 2.05) is 48.6 Å². The van der Waals surface area contributed by atoms with E-state index in [0.717, 1.165) is 24.0 Å². The molecule has 0 aromatic heterocycles. The van der Waals surface area contributed by atoms with Gasteiger partial charge in [0.15, 0.2) is 0 Å². The Morgan fingerprint density at radius 3 is 2.69 bits per heavy atom. The van der Waals surface area contributed by atoms with Crippen LogP contribution >= 0.6 is 0 Å². The van der Waals surface area contributed by atoms with E-state index in [2.05, 4.69) is 0 Å². The molecule has 0 atom stereocenters. The molecule has 0 amide bonds. The Hall–Kier alpha value is -1.83. The largest absolute Gasteiger partial charge is 0.458 e. The van der Waals surface area contributed by atoms with Crippen molar-refractivity contribution in [2.75, 3.05) is 6.61 Å². The van der Waals surface area contributed by atoms with E-state index in [1.165, 1.54) is 0 Å². The first-order valence-corrected chi connectivity index (χ1v) is 5.44. The standard InChI is InChI=1S/C14H14O2/c15-14(13-9-4-10-13)16-11-5-8-12-6-2-1-3-7-12/h1-3,5-9H,4,10-11H2/b8-5+. The molecule has 16 heavy (non-hydrogen) atoms. The van der Waals surface area contributed by atoms with Crippen LogP contribution in [0.1, 0.15) is 18.4 Å². The third kappa shape index (κ3) is 2.83. The molecule has 82 valence electrons. The predicted molar refractivity (Wildman–Crippen MR) is 63.8 cm³/mol. The molecule has 0 saturated heterocycles. The van der Waals surface area contributed by atoms with Crippen molar-refractivity contribution in [2.45, 2.75) is 12.8 Å². The van der Waals surface area contributed by atoms with Crippen LogP contribution in [0.15, 0.2) is 48.1 Å². The van der Waals surface area contributed by atoms with Gasteiger partial charge in [0.2, 0.25) is 0 Å². The Morgan fingerprint density at radius 1 is 1.31 bits per heavy atom. The molecule has 1 aromatic rings. The summed E-state index contributed by atoms with van der Waals surface area (Å²) < 4.78 is 5.07. The smallest absolute Gasteiger partial charge is 0.333 e. The van der Waals surface area contributed by atoms with Crippen LogP contribution in [0.5, 0.6) is 0 Å². The maximum absolute atomic E-state index is 11.3. The van der Waals surface area contributed by atoms with Gasteiger partial charge in [-0.1, -0.05) is 42.5 Å². The molecule has 1 aliphatic rings. The van der Waals surface area contributed by atoms with Gasteiger partial charge in [0.1, 0.15) is 6.61 Å². The van der Waals surface area contributed by atoms with Gasteiger partial charge in [-0.2, -0.15) is 0 Å². The third-order valence-electron chi connectivity index (χ3n) is 2.49. The van der Waals surface area contributed by atoms with Gasteiger partial charge < -0.3 is 4.74 Å². The molecule has 1 aromatic carbocycles. The number of carbonyl (C=O) groups excluding carboxylic acids is 1. The van der Waals surface area contributed by atoms with E-state index < -0.39 is 0 Å². The maximum Gasteiger partial charge on any atom is 0.333 e. The fourth-order valence-corrected chi connectivity index (χ4v) is 1.44. The van der Waals surface area contributed by atoms with Gasteiger partial charge in [-0.3, -0.25) is 0 Å². The number of ether oxygens (including phenoxy) is 1. The molecule has 0 saturated carbocycles. The molecular weight excluding hydrogens is 200 g/mol. The monoisotopic (exact) mass is 214 g/mol. The lowest BCUT2D eigenvalue weighted by Crippen LogP contribution is -2.12. The molecule has 1 aliphatic carbocycles. The average molecular weight is 214 g/mol. The van der Waals surface area contributed by atoms with Crippen molar-refractivity contribution in [3.05, 3.63) is 53.6 Å². The zero-order valence-electron chi connectivity index (χ0n) is 9.06. The van der Waals surface area contributed by atoms with E-state index in [4.69, 9.17) is 4.74 Å². The van der Waals surface area contributed by atoms with E-state index in [9.17, 15) is 4.79 Å². The first kappa shape index (κ1) is 10.7. The number of hydrogen-bond acceptors (Lipinski definition) is 2. The summed E-state index contributed by atoms with van der Waals surface area (Å²) in [5.74, 6) is -0.177. The van der Waals surface area contributed by atoms with Crippen molar-refractivity contribution in [3.8, 4) is 0 Å². The second-order valence-corrected chi connectivity index (χ2v) is 3.68. The van der Waals surface area contributed by atoms with Crippen molar-refractivity contribution < 1.29 is 9.53 Å². The average Bonchev–Trinajstić information content (AvgIpc) is 2.23. The van der Waals surface area contributed by atoms with E-state index in [1.54, 1.807) is 0 Å². The number of esters is 1. The molecule has 2 nitrogen and oxygen atoms in total. The van der Waals surface area contributed by atoms with E-state index in [0.29, 0.717) is 6.61 Å². The Kier molecular flexibility index (Phi) is 3.54. The van der Waals surface area contributed by atoms with Gasteiger partial charge >= 0.3 is 5.97 Å². The minimum Gasteiger partial charge on any atom is -0.458 e. The molecule has 0 unspecified atom stereocenters. The summed E-state index contributed by atoms with van der Waals surface area (Å²) in [6.45, 7) is 0.338. The highest BCUT2D eigenvalue weighted by atomic mass is 16.5. The van der Waals surface area contributed by atoms with Crippen molar-refractivity contribution in [3.63, 3.8) is 0 Å². The number of rotatable bonds is 4. The Labute approximate surface area is 95.2 Å². The molecule has 2 heteroatoms. The third-order valence-corrected chi connectivity index (χ3v) is 2.49. The number of hydrogen-bond donors (Lipinski definition) is 0. The van der Waals surface area contributed by atoms with Crippen LogP contribution in [0, 0.1) is 0 Å². The quantitative estimate of drug-likeness (QED) is 0.720. The Morgan fingerprint density at radius 2 is 2.06 bits per heavy atom. The lowest BCUT2D eigenvalue weighted by atomic mass is 10.00. The van der Waals surface area contributed by atoms with Gasteiger partial charge in [-0.05, 0) is 24.5 Å². The normalized spacial score (nSPS) is 14.4. The lowest BCUT2D eigenvalue weighted by molar-refractivity contribution is -0.138. The molecular formula is C14H14O2. The first-order valence-electron chi connectivity index (χ1n) is 5.44. The van der Waals surface area contributed by atoms with Crippen LogP contribution < -0.4 is 0 Å². The summed E-state index contributed by atoms with van der Waals surface area (Å²) in [6.07, 6.45) is 7.59. The SMILES string of the molecule is O=C(OC/C=C/c1ccccc1)C1=CCC1. The molecule has 0 bridgehead atoms. The molecule has 0 aliphatic heterocycles. The minimum absolute atomic E-state index is 0.177. The van der Waals surface area contributed by atoms with Crippen LogP contribution in [0.2, 0.25) is 0 Å². The highest BCUT2D eigenvalue weighted by molar-refractivity contribution is 5.89.